The lowest BCUT2D eigenvalue weighted by Crippen LogP contribution is -2.41. The Balaban J connectivity index is 2.42. The summed E-state index contributed by atoms with van der Waals surface area (Å²) in [5.41, 5.74) is 4.22. The predicted octanol–water partition coefficient (Wildman–Crippen LogP) is 2.95. The Hall–Kier alpha value is -0.320. The molecule has 0 saturated carbocycles. The van der Waals surface area contributed by atoms with Crippen molar-refractivity contribution in [2.45, 2.75) is 20.3 Å². The fourth-order valence-corrected chi connectivity index (χ4v) is 2.23. The number of nitrogens with zero attached hydrogens (tertiary/aromatic N) is 2. The van der Waals surface area contributed by atoms with Crippen molar-refractivity contribution in [1.82, 2.24) is 10.4 Å². The number of allylic oxidation sites excluding steroid dienone is 1. The number of fused-ring (bicyclic) bond motifs is 1. The van der Waals surface area contributed by atoms with Gasteiger partial charge >= 0.3 is 0 Å². The van der Waals surface area contributed by atoms with Gasteiger partial charge in [0.25, 0.3) is 0 Å². The van der Waals surface area contributed by atoms with E-state index < -0.39 is 0 Å². The van der Waals surface area contributed by atoms with E-state index in [0.717, 1.165) is 29.0 Å². The zero-order chi connectivity index (χ0) is 11.0. The molecule has 0 aromatic heterocycles. The van der Waals surface area contributed by atoms with Crippen LogP contribution in [0.2, 0.25) is 0 Å². The van der Waals surface area contributed by atoms with E-state index >= 15 is 0 Å². The second-order valence-corrected chi connectivity index (χ2v) is 5.22. The molecule has 3 nitrogen and oxygen atoms in total. The summed E-state index contributed by atoms with van der Waals surface area (Å²) >= 11 is 9.72. The first-order valence-corrected chi connectivity index (χ1v) is 6.14. The summed E-state index contributed by atoms with van der Waals surface area (Å²) in [6, 6.07) is 0. The van der Waals surface area contributed by atoms with Crippen molar-refractivity contribution in [3.63, 3.8) is 0 Å². The van der Waals surface area contributed by atoms with Gasteiger partial charge in [-0.1, -0.05) is 41.4 Å². The molecular formula is C10H13BrClN3. The molecule has 2 heterocycles. The standard InChI is InChI=1S/C10H13BrClN3/c1-6(2)8-5-9(12)15-10(14-8)7(11)3-4-13-15/h5-6,13H,3-4H2,1-2H3. The molecule has 0 radical (unpaired) electrons. The molecule has 0 spiro atoms. The molecule has 0 aromatic carbocycles. The van der Waals surface area contributed by atoms with Crippen LogP contribution in [-0.4, -0.2) is 17.3 Å². The first-order valence-electron chi connectivity index (χ1n) is 4.97. The summed E-state index contributed by atoms with van der Waals surface area (Å²) in [6.45, 7) is 5.10. The van der Waals surface area contributed by atoms with Crippen molar-refractivity contribution < 1.29 is 0 Å². The van der Waals surface area contributed by atoms with Gasteiger partial charge in [0.2, 0.25) is 0 Å². The van der Waals surface area contributed by atoms with Gasteiger partial charge in [0, 0.05) is 16.7 Å². The molecule has 2 aliphatic heterocycles. The van der Waals surface area contributed by atoms with Crippen LogP contribution in [0.25, 0.3) is 0 Å². The number of rotatable bonds is 1. The predicted molar refractivity (Wildman–Crippen MR) is 66.6 cm³/mol. The van der Waals surface area contributed by atoms with Crippen molar-refractivity contribution in [1.29, 1.82) is 0 Å². The number of hydrazine groups is 1. The molecule has 0 fully saturated rings. The van der Waals surface area contributed by atoms with Crippen LogP contribution in [0, 0.1) is 5.92 Å². The van der Waals surface area contributed by atoms with E-state index in [2.05, 4.69) is 40.2 Å². The molecule has 5 heteroatoms. The Labute approximate surface area is 103 Å². The molecule has 15 heavy (non-hydrogen) atoms. The Bertz CT molecular complexity index is 371. The number of nitrogens with one attached hydrogen (secondary N) is 1. The summed E-state index contributed by atoms with van der Waals surface area (Å²) in [5.74, 6) is 1.27. The Morgan fingerprint density at radius 1 is 1.60 bits per heavy atom. The average Bonchev–Trinajstić information content (AvgIpc) is 2.19. The van der Waals surface area contributed by atoms with Crippen LogP contribution >= 0.6 is 27.5 Å². The van der Waals surface area contributed by atoms with E-state index in [1.165, 1.54) is 0 Å². The number of hydrogen-bond acceptors (Lipinski definition) is 3. The molecule has 2 aliphatic rings. The van der Waals surface area contributed by atoms with Gasteiger partial charge in [-0.15, -0.1) is 0 Å². The summed E-state index contributed by atoms with van der Waals surface area (Å²) in [4.78, 5) is 4.59. The van der Waals surface area contributed by atoms with Crippen molar-refractivity contribution >= 4 is 33.2 Å². The van der Waals surface area contributed by atoms with Crippen LogP contribution in [0.15, 0.2) is 26.5 Å². The maximum Gasteiger partial charge on any atom is 0.158 e. The molecule has 82 valence electrons. The lowest BCUT2D eigenvalue weighted by atomic mass is 10.1. The molecule has 0 atom stereocenters. The first-order chi connectivity index (χ1) is 7.09. The summed E-state index contributed by atoms with van der Waals surface area (Å²) < 4.78 is 1.10. The van der Waals surface area contributed by atoms with Crippen molar-refractivity contribution in [2.75, 3.05) is 6.54 Å². The van der Waals surface area contributed by atoms with E-state index in [4.69, 9.17) is 11.6 Å². The van der Waals surface area contributed by atoms with E-state index in [0.29, 0.717) is 11.1 Å². The van der Waals surface area contributed by atoms with Gasteiger partial charge in [0.15, 0.2) is 5.82 Å². The lowest BCUT2D eigenvalue weighted by molar-refractivity contribution is 0.304. The molecular weight excluding hydrogens is 277 g/mol. The van der Waals surface area contributed by atoms with Gasteiger partial charge in [-0.3, -0.25) is 0 Å². The normalized spacial score (nSPS) is 21.5. The zero-order valence-electron chi connectivity index (χ0n) is 8.72. The van der Waals surface area contributed by atoms with E-state index in [-0.39, 0.29) is 0 Å². The maximum atomic E-state index is 6.18. The summed E-state index contributed by atoms with van der Waals surface area (Å²) in [7, 11) is 0. The van der Waals surface area contributed by atoms with Crippen LogP contribution in [0.3, 0.4) is 0 Å². The highest BCUT2D eigenvalue weighted by molar-refractivity contribution is 9.11. The van der Waals surface area contributed by atoms with E-state index in [9.17, 15) is 0 Å². The quantitative estimate of drug-likeness (QED) is 0.752. The van der Waals surface area contributed by atoms with Gasteiger partial charge in [-0.05, 0) is 18.4 Å². The van der Waals surface area contributed by atoms with Crippen LogP contribution < -0.4 is 5.43 Å². The second-order valence-electron chi connectivity index (χ2n) is 3.88. The van der Waals surface area contributed by atoms with Crippen LogP contribution in [0.5, 0.6) is 0 Å². The molecule has 0 aromatic rings. The minimum absolute atomic E-state index is 0.385. The summed E-state index contributed by atoms with van der Waals surface area (Å²) in [5, 5.41) is 2.50. The van der Waals surface area contributed by atoms with Gasteiger partial charge in [0.05, 0.1) is 0 Å². The van der Waals surface area contributed by atoms with Crippen molar-refractivity contribution in [3.8, 4) is 0 Å². The molecule has 0 saturated heterocycles. The zero-order valence-corrected chi connectivity index (χ0v) is 11.1. The van der Waals surface area contributed by atoms with Crippen LogP contribution in [-0.2, 0) is 0 Å². The number of aliphatic imine (C=N–C) groups is 1. The minimum atomic E-state index is 0.385. The third-order valence-corrected chi connectivity index (χ3v) is 3.41. The first kappa shape index (κ1) is 11.2. The highest BCUT2D eigenvalue weighted by Crippen LogP contribution is 2.31. The minimum Gasteiger partial charge on any atom is -0.247 e. The van der Waals surface area contributed by atoms with Gasteiger partial charge < -0.3 is 0 Å². The third-order valence-electron chi connectivity index (χ3n) is 2.38. The lowest BCUT2D eigenvalue weighted by Gasteiger charge is -2.32. The Kier molecular flexibility index (Phi) is 3.19. The maximum absolute atomic E-state index is 6.18. The van der Waals surface area contributed by atoms with Gasteiger partial charge in [-0.25, -0.2) is 15.4 Å². The largest absolute Gasteiger partial charge is 0.247 e. The smallest absolute Gasteiger partial charge is 0.158 e. The second kappa shape index (κ2) is 4.28. The molecule has 0 amide bonds. The third kappa shape index (κ3) is 2.12. The van der Waals surface area contributed by atoms with Crippen LogP contribution in [0.4, 0.5) is 0 Å². The molecule has 0 aliphatic carbocycles. The van der Waals surface area contributed by atoms with Crippen molar-refractivity contribution in [3.05, 3.63) is 21.5 Å². The molecule has 1 N–H and O–H groups in total. The monoisotopic (exact) mass is 289 g/mol. The van der Waals surface area contributed by atoms with Gasteiger partial charge in [0.1, 0.15) is 5.16 Å². The van der Waals surface area contributed by atoms with E-state index in [1.807, 2.05) is 11.1 Å². The number of halogens is 2. The fourth-order valence-electron chi connectivity index (χ4n) is 1.51. The van der Waals surface area contributed by atoms with Gasteiger partial charge in [-0.2, -0.15) is 0 Å². The highest BCUT2D eigenvalue weighted by Gasteiger charge is 2.25. The Morgan fingerprint density at radius 3 is 3.00 bits per heavy atom. The molecule has 0 unspecified atom stereocenters. The summed E-state index contributed by atoms with van der Waals surface area (Å²) in [6.07, 6.45) is 2.86. The number of hydrogen-bond donors (Lipinski definition) is 1. The molecule has 0 bridgehead atoms. The topological polar surface area (TPSA) is 27.6 Å². The Morgan fingerprint density at radius 2 is 2.33 bits per heavy atom. The highest BCUT2D eigenvalue weighted by atomic mass is 79.9. The van der Waals surface area contributed by atoms with E-state index in [1.54, 1.807) is 0 Å². The van der Waals surface area contributed by atoms with Crippen molar-refractivity contribution in [2.24, 2.45) is 10.9 Å². The SMILES string of the molecule is CC(C)C1=NC2=C(Br)CCNN2C(Cl)=C1. The molecule has 2 rings (SSSR count). The average molecular weight is 291 g/mol. The van der Waals surface area contributed by atoms with Crippen LogP contribution in [0.1, 0.15) is 20.3 Å². The fraction of sp³-hybridized carbons (Fsp3) is 0.500.